The van der Waals surface area contributed by atoms with Gasteiger partial charge < -0.3 is 0 Å². The second kappa shape index (κ2) is 5.93. The number of nitriles is 1. The van der Waals surface area contributed by atoms with E-state index in [0.29, 0.717) is 23.6 Å². The number of hydrogen-bond acceptors (Lipinski definition) is 2. The van der Waals surface area contributed by atoms with E-state index in [1.165, 1.54) is 37.8 Å². The van der Waals surface area contributed by atoms with E-state index in [2.05, 4.69) is 25.8 Å². The smallest absolute Gasteiger partial charge is 0.124 e. The van der Waals surface area contributed by atoms with Crippen molar-refractivity contribution in [3.05, 3.63) is 35.1 Å². The molecule has 2 rings (SSSR count). The standard InChI is InChI=1S/C17H23FN2/c1-17(2)6-4-16(5-7-17)20(3)12-14-8-13(11-19)9-15(18)10-14/h8-10,16H,4-7,12H2,1-3H3. The van der Waals surface area contributed by atoms with Gasteiger partial charge in [-0.2, -0.15) is 5.26 Å². The molecule has 0 aromatic heterocycles. The highest BCUT2D eigenvalue weighted by atomic mass is 19.1. The average molecular weight is 274 g/mol. The van der Waals surface area contributed by atoms with Crippen LogP contribution in [0.25, 0.3) is 0 Å². The molecule has 108 valence electrons. The lowest BCUT2D eigenvalue weighted by Crippen LogP contribution is -2.36. The molecule has 1 aromatic carbocycles. The minimum atomic E-state index is -0.322. The largest absolute Gasteiger partial charge is 0.299 e. The third-order valence-electron chi connectivity index (χ3n) is 4.45. The predicted molar refractivity (Wildman–Crippen MR) is 78.6 cm³/mol. The van der Waals surface area contributed by atoms with Gasteiger partial charge in [0.15, 0.2) is 0 Å². The summed E-state index contributed by atoms with van der Waals surface area (Å²) in [6.45, 7) is 5.36. The minimum absolute atomic E-state index is 0.322. The number of halogens is 1. The molecule has 0 saturated heterocycles. The third kappa shape index (κ3) is 3.80. The Hall–Kier alpha value is -1.40. The van der Waals surface area contributed by atoms with Gasteiger partial charge in [-0.25, -0.2) is 4.39 Å². The minimum Gasteiger partial charge on any atom is -0.299 e. The molecule has 2 nitrogen and oxygen atoms in total. The summed E-state index contributed by atoms with van der Waals surface area (Å²) in [6, 6.07) is 7.18. The van der Waals surface area contributed by atoms with Crippen LogP contribution in [0.5, 0.6) is 0 Å². The molecule has 1 fully saturated rings. The second-order valence-electron chi connectivity index (χ2n) is 6.77. The maximum absolute atomic E-state index is 13.4. The van der Waals surface area contributed by atoms with E-state index in [9.17, 15) is 4.39 Å². The van der Waals surface area contributed by atoms with E-state index >= 15 is 0 Å². The Kier molecular flexibility index (Phi) is 4.45. The van der Waals surface area contributed by atoms with Crippen LogP contribution in [0.2, 0.25) is 0 Å². The van der Waals surface area contributed by atoms with E-state index in [1.54, 1.807) is 6.07 Å². The van der Waals surface area contributed by atoms with Gasteiger partial charge >= 0.3 is 0 Å². The molecule has 0 aliphatic heterocycles. The molecule has 0 radical (unpaired) electrons. The summed E-state index contributed by atoms with van der Waals surface area (Å²) in [5.41, 5.74) is 1.75. The quantitative estimate of drug-likeness (QED) is 0.829. The van der Waals surface area contributed by atoms with Crippen LogP contribution in [0.4, 0.5) is 4.39 Å². The van der Waals surface area contributed by atoms with Gasteiger partial charge in [0.1, 0.15) is 5.82 Å². The third-order valence-corrected chi connectivity index (χ3v) is 4.45. The lowest BCUT2D eigenvalue weighted by Gasteiger charge is -2.38. The number of hydrogen-bond donors (Lipinski definition) is 0. The molecule has 0 bridgehead atoms. The highest BCUT2D eigenvalue weighted by Gasteiger charge is 2.28. The highest BCUT2D eigenvalue weighted by Crippen LogP contribution is 2.36. The number of benzene rings is 1. The van der Waals surface area contributed by atoms with Gasteiger partial charge in [-0.1, -0.05) is 13.8 Å². The molecule has 20 heavy (non-hydrogen) atoms. The summed E-state index contributed by atoms with van der Waals surface area (Å²) < 4.78 is 13.4. The van der Waals surface area contributed by atoms with Gasteiger partial charge in [0.05, 0.1) is 11.6 Å². The molecule has 1 aliphatic rings. The molecule has 0 heterocycles. The summed E-state index contributed by atoms with van der Waals surface area (Å²) in [6.07, 6.45) is 4.89. The van der Waals surface area contributed by atoms with Crippen molar-refractivity contribution in [2.45, 2.75) is 52.1 Å². The number of nitrogens with zero attached hydrogens (tertiary/aromatic N) is 2. The van der Waals surface area contributed by atoms with Crippen LogP contribution in [-0.4, -0.2) is 18.0 Å². The van der Waals surface area contributed by atoms with E-state index in [-0.39, 0.29) is 5.82 Å². The first-order valence-electron chi connectivity index (χ1n) is 7.29. The van der Waals surface area contributed by atoms with Crippen LogP contribution in [0, 0.1) is 22.6 Å². The Balaban J connectivity index is 2.00. The Morgan fingerprint density at radius 2 is 1.95 bits per heavy atom. The Morgan fingerprint density at radius 1 is 1.30 bits per heavy atom. The maximum atomic E-state index is 13.4. The molecule has 1 aliphatic carbocycles. The topological polar surface area (TPSA) is 27.0 Å². The van der Waals surface area contributed by atoms with Gasteiger partial charge in [0.25, 0.3) is 0 Å². The van der Waals surface area contributed by atoms with Gasteiger partial charge in [0, 0.05) is 12.6 Å². The van der Waals surface area contributed by atoms with Crippen molar-refractivity contribution >= 4 is 0 Å². The fraction of sp³-hybridized carbons (Fsp3) is 0.588. The zero-order chi connectivity index (χ0) is 14.8. The van der Waals surface area contributed by atoms with Crippen molar-refractivity contribution in [3.8, 4) is 6.07 Å². The monoisotopic (exact) mass is 274 g/mol. The van der Waals surface area contributed by atoms with Crippen molar-refractivity contribution in [3.63, 3.8) is 0 Å². The first kappa shape index (κ1) is 15.0. The van der Waals surface area contributed by atoms with Crippen molar-refractivity contribution in [1.82, 2.24) is 4.90 Å². The zero-order valence-corrected chi connectivity index (χ0v) is 12.6. The lowest BCUT2D eigenvalue weighted by molar-refractivity contribution is 0.123. The molecular weight excluding hydrogens is 251 g/mol. The number of rotatable bonds is 3. The Labute approximate surface area is 121 Å². The maximum Gasteiger partial charge on any atom is 0.124 e. The zero-order valence-electron chi connectivity index (χ0n) is 12.6. The average Bonchev–Trinajstić information content (AvgIpc) is 2.37. The van der Waals surface area contributed by atoms with Crippen molar-refractivity contribution < 1.29 is 4.39 Å². The molecule has 3 heteroatoms. The van der Waals surface area contributed by atoms with E-state index < -0.39 is 0 Å². The van der Waals surface area contributed by atoms with Gasteiger partial charge in [-0.05, 0) is 61.9 Å². The molecule has 0 unspecified atom stereocenters. The molecule has 0 amide bonds. The fourth-order valence-corrected chi connectivity index (χ4v) is 3.05. The van der Waals surface area contributed by atoms with E-state index in [0.717, 1.165) is 5.56 Å². The van der Waals surface area contributed by atoms with Crippen LogP contribution in [-0.2, 0) is 6.54 Å². The fourth-order valence-electron chi connectivity index (χ4n) is 3.05. The molecule has 1 aromatic rings. The van der Waals surface area contributed by atoms with Crippen LogP contribution in [0.15, 0.2) is 18.2 Å². The molecule has 1 saturated carbocycles. The highest BCUT2D eigenvalue weighted by molar-refractivity contribution is 5.33. The lowest BCUT2D eigenvalue weighted by atomic mass is 9.75. The van der Waals surface area contributed by atoms with Crippen LogP contribution in [0.1, 0.15) is 50.7 Å². The molecule has 0 N–H and O–H groups in total. The SMILES string of the molecule is CN(Cc1cc(F)cc(C#N)c1)C1CCC(C)(C)CC1. The Bertz CT molecular complexity index is 506. The van der Waals surface area contributed by atoms with Gasteiger partial charge in [0.2, 0.25) is 0 Å². The van der Waals surface area contributed by atoms with Crippen LogP contribution in [0.3, 0.4) is 0 Å². The first-order valence-corrected chi connectivity index (χ1v) is 7.29. The summed E-state index contributed by atoms with van der Waals surface area (Å²) >= 11 is 0. The van der Waals surface area contributed by atoms with Crippen molar-refractivity contribution in [2.24, 2.45) is 5.41 Å². The summed E-state index contributed by atoms with van der Waals surface area (Å²) in [4.78, 5) is 2.30. The summed E-state index contributed by atoms with van der Waals surface area (Å²) in [5.74, 6) is -0.322. The molecule has 0 spiro atoms. The van der Waals surface area contributed by atoms with Crippen molar-refractivity contribution in [1.29, 1.82) is 5.26 Å². The van der Waals surface area contributed by atoms with E-state index in [1.807, 2.05) is 6.07 Å². The van der Waals surface area contributed by atoms with Crippen molar-refractivity contribution in [2.75, 3.05) is 7.05 Å². The van der Waals surface area contributed by atoms with Crippen LogP contribution < -0.4 is 0 Å². The molecule has 0 atom stereocenters. The molecular formula is C17H23FN2. The van der Waals surface area contributed by atoms with Gasteiger partial charge in [-0.3, -0.25) is 4.90 Å². The predicted octanol–water partition coefficient (Wildman–Crippen LogP) is 4.10. The Morgan fingerprint density at radius 3 is 2.55 bits per heavy atom. The second-order valence-corrected chi connectivity index (χ2v) is 6.77. The normalized spacial score (nSPS) is 19.0. The summed E-state index contributed by atoms with van der Waals surface area (Å²) in [5, 5.41) is 8.90. The summed E-state index contributed by atoms with van der Waals surface area (Å²) in [7, 11) is 2.10. The van der Waals surface area contributed by atoms with Crippen LogP contribution >= 0.6 is 0 Å². The van der Waals surface area contributed by atoms with E-state index in [4.69, 9.17) is 5.26 Å². The first-order chi connectivity index (χ1) is 9.39. The van der Waals surface area contributed by atoms with Gasteiger partial charge in [-0.15, -0.1) is 0 Å².